The van der Waals surface area contributed by atoms with Gasteiger partial charge in [-0.05, 0) is 38.3 Å². The SMILES string of the molecule is CN=C(NCc1ccc(CS(=O)(=O)NC)cc1)NCC(C)(C)SC. The second-order valence-electron chi connectivity index (χ2n) is 6.02. The molecule has 6 nitrogen and oxygen atoms in total. The quantitative estimate of drug-likeness (QED) is 0.476. The van der Waals surface area contributed by atoms with E-state index >= 15 is 0 Å². The highest BCUT2D eigenvalue weighted by Crippen LogP contribution is 2.19. The summed E-state index contributed by atoms with van der Waals surface area (Å²) in [5.41, 5.74) is 1.82. The molecule has 1 aromatic rings. The Bertz CT molecular complexity index is 641. The van der Waals surface area contributed by atoms with Crippen LogP contribution in [0.15, 0.2) is 29.3 Å². The summed E-state index contributed by atoms with van der Waals surface area (Å²) in [6, 6.07) is 7.51. The maximum Gasteiger partial charge on any atom is 0.215 e. The lowest BCUT2D eigenvalue weighted by molar-refractivity contribution is 0.587. The van der Waals surface area contributed by atoms with Gasteiger partial charge in [-0.3, -0.25) is 4.99 Å². The molecule has 1 rings (SSSR count). The van der Waals surface area contributed by atoms with Gasteiger partial charge < -0.3 is 10.6 Å². The Morgan fingerprint density at radius 3 is 2.25 bits per heavy atom. The van der Waals surface area contributed by atoms with Gasteiger partial charge in [0, 0.05) is 24.9 Å². The first kappa shape index (κ1) is 20.8. The number of benzene rings is 1. The number of guanidine groups is 1. The molecular weight excluding hydrogens is 344 g/mol. The first-order valence-corrected chi connectivity index (χ1v) is 10.6. The van der Waals surface area contributed by atoms with Crippen molar-refractivity contribution in [2.45, 2.75) is 30.9 Å². The number of nitrogens with one attached hydrogen (secondary N) is 3. The normalized spacial score (nSPS) is 13.0. The summed E-state index contributed by atoms with van der Waals surface area (Å²) in [4.78, 5) is 4.22. The van der Waals surface area contributed by atoms with Crippen LogP contribution in [0.1, 0.15) is 25.0 Å². The molecule has 0 saturated heterocycles. The molecule has 0 radical (unpaired) electrons. The summed E-state index contributed by atoms with van der Waals surface area (Å²) in [6.45, 7) is 5.79. The van der Waals surface area contributed by atoms with Crippen molar-refractivity contribution in [1.82, 2.24) is 15.4 Å². The van der Waals surface area contributed by atoms with E-state index in [0.717, 1.165) is 23.6 Å². The fraction of sp³-hybridized carbons (Fsp3) is 0.562. The predicted octanol–water partition coefficient (Wildman–Crippen LogP) is 1.54. The van der Waals surface area contributed by atoms with Gasteiger partial charge in [0.05, 0.1) is 5.75 Å². The molecule has 0 aliphatic rings. The smallest absolute Gasteiger partial charge is 0.215 e. The summed E-state index contributed by atoms with van der Waals surface area (Å²) < 4.78 is 25.5. The van der Waals surface area contributed by atoms with Gasteiger partial charge in [0.1, 0.15) is 0 Å². The van der Waals surface area contributed by atoms with E-state index < -0.39 is 10.0 Å². The third kappa shape index (κ3) is 7.55. The van der Waals surface area contributed by atoms with Crippen LogP contribution >= 0.6 is 11.8 Å². The lowest BCUT2D eigenvalue weighted by Crippen LogP contribution is -2.42. The molecule has 0 spiro atoms. The van der Waals surface area contributed by atoms with Gasteiger partial charge in [-0.1, -0.05) is 24.3 Å². The van der Waals surface area contributed by atoms with Crippen molar-refractivity contribution in [2.75, 3.05) is 26.9 Å². The molecule has 0 amide bonds. The summed E-state index contributed by atoms with van der Waals surface area (Å²) in [6.07, 6.45) is 2.09. The maximum atomic E-state index is 11.5. The van der Waals surface area contributed by atoms with Crippen LogP contribution in [0.3, 0.4) is 0 Å². The lowest BCUT2D eigenvalue weighted by atomic mass is 10.1. The highest BCUT2D eigenvalue weighted by atomic mass is 32.2. The highest BCUT2D eigenvalue weighted by molar-refractivity contribution is 7.99. The van der Waals surface area contributed by atoms with Crippen molar-refractivity contribution in [3.05, 3.63) is 35.4 Å². The number of rotatable bonds is 8. The zero-order valence-corrected chi connectivity index (χ0v) is 16.6. The van der Waals surface area contributed by atoms with Gasteiger partial charge in [-0.2, -0.15) is 11.8 Å². The summed E-state index contributed by atoms with van der Waals surface area (Å²) in [5.74, 6) is 0.739. The van der Waals surface area contributed by atoms with Crippen LogP contribution in [0.4, 0.5) is 0 Å². The molecule has 136 valence electrons. The Hall–Kier alpha value is -1.25. The summed E-state index contributed by atoms with van der Waals surface area (Å²) >= 11 is 1.80. The Kier molecular flexibility index (Phi) is 8.05. The minimum atomic E-state index is -3.24. The van der Waals surface area contributed by atoms with Gasteiger partial charge in [0.25, 0.3) is 0 Å². The predicted molar refractivity (Wildman–Crippen MR) is 104 cm³/mol. The Labute approximate surface area is 150 Å². The van der Waals surface area contributed by atoms with Gasteiger partial charge in [0.15, 0.2) is 5.96 Å². The molecule has 0 aliphatic carbocycles. The van der Waals surface area contributed by atoms with Crippen molar-refractivity contribution in [3.8, 4) is 0 Å². The summed E-state index contributed by atoms with van der Waals surface area (Å²) in [5, 5.41) is 6.57. The third-order valence-corrected chi connectivity index (χ3v) is 6.19. The van der Waals surface area contributed by atoms with Crippen molar-refractivity contribution >= 4 is 27.7 Å². The van der Waals surface area contributed by atoms with Crippen molar-refractivity contribution in [2.24, 2.45) is 4.99 Å². The molecule has 8 heteroatoms. The van der Waals surface area contributed by atoms with Crippen LogP contribution in [-0.4, -0.2) is 46.0 Å². The molecule has 0 aromatic heterocycles. The molecule has 3 N–H and O–H groups in total. The van der Waals surface area contributed by atoms with E-state index in [0.29, 0.717) is 6.54 Å². The second kappa shape index (κ2) is 9.29. The van der Waals surface area contributed by atoms with Crippen LogP contribution in [-0.2, 0) is 22.3 Å². The second-order valence-corrected chi connectivity index (χ2v) is 9.46. The van der Waals surface area contributed by atoms with Crippen LogP contribution in [0.5, 0.6) is 0 Å². The first-order chi connectivity index (χ1) is 11.2. The highest BCUT2D eigenvalue weighted by Gasteiger charge is 2.16. The van der Waals surface area contributed by atoms with Crippen LogP contribution < -0.4 is 15.4 Å². The molecule has 0 atom stereocenters. The average Bonchev–Trinajstić information content (AvgIpc) is 2.56. The number of thioether (sulfide) groups is 1. The van der Waals surface area contributed by atoms with Gasteiger partial charge >= 0.3 is 0 Å². The molecule has 0 aliphatic heterocycles. The maximum absolute atomic E-state index is 11.5. The lowest BCUT2D eigenvalue weighted by Gasteiger charge is -2.23. The molecule has 0 unspecified atom stereocenters. The van der Waals surface area contributed by atoms with Crippen molar-refractivity contribution in [1.29, 1.82) is 0 Å². The molecule has 1 aromatic carbocycles. The van der Waals surface area contributed by atoms with Crippen LogP contribution in [0.25, 0.3) is 0 Å². The number of aliphatic imine (C=N–C) groups is 1. The number of hydrogen-bond acceptors (Lipinski definition) is 4. The van der Waals surface area contributed by atoms with Crippen molar-refractivity contribution < 1.29 is 8.42 Å². The topological polar surface area (TPSA) is 82.6 Å². The number of hydrogen-bond donors (Lipinski definition) is 3. The van der Waals surface area contributed by atoms with Gasteiger partial charge in [-0.15, -0.1) is 0 Å². The van der Waals surface area contributed by atoms with E-state index in [9.17, 15) is 8.42 Å². The first-order valence-electron chi connectivity index (χ1n) is 7.70. The average molecular weight is 373 g/mol. The van der Waals surface area contributed by atoms with E-state index in [1.165, 1.54) is 7.05 Å². The zero-order chi connectivity index (χ0) is 18.2. The van der Waals surface area contributed by atoms with E-state index in [1.807, 2.05) is 24.3 Å². The minimum Gasteiger partial charge on any atom is -0.355 e. The fourth-order valence-electron chi connectivity index (χ4n) is 1.82. The molecule has 0 saturated carbocycles. The van der Waals surface area contributed by atoms with Gasteiger partial charge in [0.2, 0.25) is 10.0 Å². The molecule has 0 bridgehead atoms. The third-order valence-electron chi connectivity index (χ3n) is 3.61. The van der Waals surface area contributed by atoms with E-state index in [1.54, 1.807) is 18.8 Å². The van der Waals surface area contributed by atoms with E-state index in [-0.39, 0.29) is 10.5 Å². The van der Waals surface area contributed by atoms with Crippen molar-refractivity contribution in [3.63, 3.8) is 0 Å². The fourth-order valence-corrected chi connectivity index (χ4v) is 2.81. The van der Waals surface area contributed by atoms with Gasteiger partial charge in [-0.25, -0.2) is 13.1 Å². The van der Waals surface area contributed by atoms with Crippen LogP contribution in [0, 0.1) is 0 Å². The Balaban J connectivity index is 2.55. The molecular formula is C16H28N4O2S2. The standard InChI is InChI=1S/C16H28N4O2S2/c1-16(2,23-5)12-20-15(17-3)19-10-13-6-8-14(9-7-13)11-24(21,22)18-4/h6-9,18H,10-12H2,1-5H3,(H2,17,19,20). The number of nitrogens with zero attached hydrogens (tertiary/aromatic N) is 1. The molecule has 0 fully saturated rings. The molecule has 0 heterocycles. The monoisotopic (exact) mass is 372 g/mol. The number of sulfonamides is 1. The molecule has 24 heavy (non-hydrogen) atoms. The Morgan fingerprint density at radius 1 is 1.17 bits per heavy atom. The largest absolute Gasteiger partial charge is 0.355 e. The zero-order valence-electron chi connectivity index (χ0n) is 15.0. The summed E-state index contributed by atoms with van der Waals surface area (Å²) in [7, 11) is -0.0713. The Morgan fingerprint density at radius 2 is 1.75 bits per heavy atom. The van der Waals surface area contributed by atoms with E-state index in [4.69, 9.17) is 0 Å². The minimum absolute atomic E-state index is 0.00972. The van der Waals surface area contributed by atoms with Crippen LogP contribution in [0.2, 0.25) is 0 Å². The van der Waals surface area contributed by atoms with E-state index in [2.05, 4.69) is 40.5 Å².